The molecule has 6 aromatic rings. The van der Waals surface area contributed by atoms with Crippen molar-refractivity contribution in [2.45, 2.75) is 80.8 Å². The summed E-state index contributed by atoms with van der Waals surface area (Å²) < 4.78 is 84.0. The summed E-state index contributed by atoms with van der Waals surface area (Å²) >= 11 is 12.0. The maximum absolute atomic E-state index is 17.3. The maximum Gasteiger partial charge on any atom is 0.348 e. The molecule has 2 aliphatic carbocycles. The van der Waals surface area contributed by atoms with Crippen molar-refractivity contribution in [1.29, 1.82) is 0 Å². The standard InChI is InChI=1S/C29H27ClF2O5.C26H23ClF2O4/c1-18(33)36-26(17-19-8-15-24(31)25(16-19)37-23-6-4-3-5-7-23)29(32,28(34)35-2)27(20-9-10-20)21-11-13-22(30)14-12-21;27-19-11-9-18(10-12-19)24(17-7-8-17)26(29,25(31)32)23(30)15-16-6-13-21(28)22(14-16)33-20-4-2-1-3-5-20/h3-8,11-16,20,26-27H,9-10,17H2,1-2H3;1-6,9-14,17,23-24,30H,7-8,15H2,(H,31,32)/t26-,27-,29+;23-,24-,26+/m11/s1. The van der Waals surface area contributed by atoms with Gasteiger partial charge in [-0.05, 0) is 133 Å². The van der Waals surface area contributed by atoms with Crippen LogP contribution in [0.4, 0.5) is 17.6 Å². The maximum atomic E-state index is 17.3. The number of carboxylic acid groups (broad SMARTS) is 1. The molecule has 0 spiro atoms. The normalized spacial score (nSPS) is 16.6. The molecule has 0 aromatic heterocycles. The van der Waals surface area contributed by atoms with E-state index in [0.717, 1.165) is 20.1 Å². The zero-order chi connectivity index (χ0) is 50.2. The number of aliphatic hydroxyl groups is 1. The molecule has 2 N–H and O–H groups in total. The number of esters is 2. The molecule has 0 heterocycles. The number of hydrogen-bond acceptors (Lipinski definition) is 8. The molecule has 2 fully saturated rings. The van der Waals surface area contributed by atoms with Crippen LogP contribution in [0, 0.1) is 23.5 Å². The highest BCUT2D eigenvalue weighted by Gasteiger charge is 2.60. The number of para-hydroxylation sites is 2. The molecule has 0 aliphatic heterocycles. The van der Waals surface area contributed by atoms with Gasteiger partial charge in [-0.3, -0.25) is 4.79 Å². The highest BCUT2D eigenvalue weighted by molar-refractivity contribution is 6.30. The molecule has 0 amide bonds. The average Bonchev–Trinajstić information content (AvgIpc) is 4.30. The summed E-state index contributed by atoms with van der Waals surface area (Å²) in [7, 11) is 1.09. The Hall–Kier alpha value is -6.41. The van der Waals surface area contributed by atoms with E-state index in [4.69, 9.17) is 42.1 Å². The fourth-order valence-electron chi connectivity index (χ4n) is 8.81. The first kappa shape index (κ1) is 51.4. The molecular weight excluding hydrogens is 951 g/mol. The summed E-state index contributed by atoms with van der Waals surface area (Å²) in [5.41, 5.74) is -3.88. The van der Waals surface area contributed by atoms with Gasteiger partial charge in [0.2, 0.25) is 5.67 Å². The first-order valence-corrected chi connectivity index (χ1v) is 23.3. The van der Waals surface area contributed by atoms with Crippen LogP contribution >= 0.6 is 23.2 Å². The van der Waals surface area contributed by atoms with Crippen LogP contribution in [0.5, 0.6) is 23.0 Å². The van der Waals surface area contributed by atoms with Crippen molar-refractivity contribution in [3.05, 3.63) is 190 Å². The fourth-order valence-corrected chi connectivity index (χ4v) is 9.06. The van der Waals surface area contributed by atoms with Gasteiger partial charge in [-0.25, -0.2) is 27.2 Å². The van der Waals surface area contributed by atoms with Gasteiger partial charge in [-0.2, -0.15) is 0 Å². The van der Waals surface area contributed by atoms with Crippen molar-refractivity contribution >= 4 is 41.1 Å². The summed E-state index contributed by atoms with van der Waals surface area (Å²) in [6.45, 7) is 1.15. The van der Waals surface area contributed by atoms with Gasteiger partial charge in [0.1, 0.15) is 17.6 Å². The van der Waals surface area contributed by atoms with Crippen molar-refractivity contribution in [1.82, 2.24) is 0 Å². The molecule has 2 saturated carbocycles. The van der Waals surface area contributed by atoms with E-state index >= 15 is 8.78 Å². The number of carbonyl (C=O) groups is 3. The Morgan fingerprint density at radius 1 is 0.629 bits per heavy atom. The van der Waals surface area contributed by atoms with Crippen LogP contribution in [0.25, 0.3) is 0 Å². The van der Waals surface area contributed by atoms with Gasteiger partial charge >= 0.3 is 17.9 Å². The van der Waals surface area contributed by atoms with Gasteiger partial charge in [0.05, 0.1) is 7.11 Å². The lowest BCUT2D eigenvalue weighted by Gasteiger charge is -2.37. The van der Waals surface area contributed by atoms with Gasteiger partial charge in [-0.15, -0.1) is 0 Å². The first-order chi connectivity index (χ1) is 33.5. The third-order valence-corrected chi connectivity index (χ3v) is 12.9. The van der Waals surface area contributed by atoms with E-state index in [1.807, 2.05) is 0 Å². The molecule has 366 valence electrons. The zero-order valence-corrected chi connectivity index (χ0v) is 39.6. The summed E-state index contributed by atoms with van der Waals surface area (Å²) in [6.07, 6.45) is -1.21. The number of aliphatic carboxylic acids is 1. The predicted octanol–water partition coefficient (Wildman–Crippen LogP) is 13.0. The molecule has 2 aliphatic rings. The van der Waals surface area contributed by atoms with Crippen molar-refractivity contribution in [3.8, 4) is 23.0 Å². The molecule has 0 saturated heterocycles. The second kappa shape index (κ2) is 22.6. The van der Waals surface area contributed by atoms with E-state index in [-0.39, 0.29) is 36.2 Å². The zero-order valence-electron chi connectivity index (χ0n) is 38.1. The Morgan fingerprint density at radius 3 is 1.43 bits per heavy atom. The van der Waals surface area contributed by atoms with Gasteiger partial charge < -0.3 is 29.2 Å². The fraction of sp³-hybridized carbons (Fsp3) is 0.291. The SMILES string of the molecule is COC(=O)[C@](F)([C@@H](Cc1ccc(F)c(Oc2ccccc2)c1)OC(C)=O)[C@@H](c1ccc(Cl)cc1)C1CC1.O=C(O)[C@](F)([C@H](O)Cc1ccc(F)c(Oc2ccccc2)c1)[C@@H](c1ccc(Cl)cc1)C1CC1. The number of alkyl halides is 2. The predicted molar refractivity (Wildman–Crippen MR) is 256 cm³/mol. The highest BCUT2D eigenvalue weighted by Crippen LogP contribution is 2.53. The number of carboxylic acids is 1. The lowest BCUT2D eigenvalue weighted by atomic mass is 9.75. The van der Waals surface area contributed by atoms with Gasteiger partial charge in [-0.1, -0.05) is 96.0 Å². The minimum Gasteiger partial charge on any atom is -0.479 e. The van der Waals surface area contributed by atoms with E-state index in [2.05, 4.69) is 0 Å². The van der Waals surface area contributed by atoms with Crippen LogP contribution in [0.3, 0.4) is 0 Å². The minimum absolute atomic E-state index is 0.0794. The minimum atomic E-state index is -2.94. The number of methoxy groups -OCH3 is 1. The lowest BCUT2D eigenvalue weighted by molar-refractivity contribution is -0.177. The van der Waals surface area contributed by atoms with Crippen LogP contribution in [0.1, 0.15) is 66.7 Å². The van der Waals surface area contributed by atoms with Crippen LogP contribution in [-0.4, -0.2) is 58.8 Å². The molecule has 15 heteroatoms. The first-order valence-electron chi connectivity index (χ1n) is 22.6. The van der Waals surface area contributed by atoms with E-state index in [1.165, 1.54) is 30.3 Å². The highest BCUT2D eigenvalue weighted by atomic mass is 35.5. The van der Waals surface area contributed by atoms with Crippen molar-refractivity contribution in [2.24, 2.45) is 11.8 Å². The quantitative estimate of drug-likeness (QED) is 0.0602. The van der Waals surface area contributed by atoms with Crippen LogP contribution < -0.4 is 9.47 Å². The van der Waals surface area contributed by atoms with E-state index in [9.17, 15) is 33.4 Å². The van der Waals surface area contributed by atoms with Crippen molar-refractivity contribution < 1.29 is 61.1 Å². The Morgan fingerprint density at radius 2 is 1.04 bits per heavy atom. The summed E-state index contributed by atoms with van der Waals surface area (Å²) in [5.74, 6) is -6.57. The molecule has 0 radical (unpaired) electrons. The number of aliphatic hydroxyl groups excluding tert-OH is 1. The molecule has 6 aromatic carbocycles. The number of benzene rings is 6. The van der Waals surface area contributed by atoms with Gasteiger partial charge in [0.25, 0.3) is 5.67 Å². The topological polar surface area (TPSA) is 129 Å². The van der Waals surface area contributed by atoms with Crippen molar-refractivity contribution in [2.75, 3.05) is 7.11 Å². The molecular formula is C55H50Cl2F4O9. The monoisotopic (exact) mass is 1000 g/mol. The molecule has 8 rings (SSSR count). The molecule has 9 nitrogen and oxygen atoms in total. The summed E-state index contributed by atoms with van der Waals surface area (Å²) in [4.78, 5) is 37.4. The Bertz CT molecular complexity index is 2740. The number of hydrogen-bond donors (Lipinski definition) is 2. The number of carbonyl (C=O) groups excluding carboxylic acids is 2. The average molecular weight is 1000 g/mol. The van der Waals surface area contributed by atoms with Gasteiger partial charge in [0.15, 0.2) is 29.2 Å². The molecule has 6 atom stereocenters. The summed E-state index contributed by atoms with van der Waals surface area (Å²) in [6, 6.07) is 38.1. The number of halogens is 6. The smallest absolute Gasteiger partial charge is 0.348 e. The number of ether oxygens (including phenoxy) is 4. The van der Waals surface area contributed by atoms with Crippen molar-refractivity contribution in [3.63, 3.8) is 0 Å². The van der Waals surface area contributed by atoms with E-state index in [1.54, 1.807) is 109 Å². The van der Waals surface area contributed by atoms with E-state index in [0.29, 0.717) is 69.5 Å². The summed E-state index contributed by atoms with van der Waals surface area (Å²) in [5, 5.41) is 21.7. The molecule has 70 heavy (non-hydrogen) atoms. The van der Waals surface area contributed by atoms with Crippen LogP contribution in [0.15, 0.2) is 146 Å². The Balaban J connectivity index is 0.000000208. The Labute approximate surface area is 412 Å². The van der Waals surface area contributed by atoms with Crippen LogP contribution in [0.2, 0.25) is 10.0 Å². The van der Waals surface area contributed by atoms with Gasteiger partial charge in [0, 0.05) is 41.6 Å². The third-order valence-electron chi connectivity index (χ3n) is 12.4. The second-order valence-corrected chi connectivity index (χ2v) is 18.3. The second-order valence-electron chi connectivity index (χ2n) is 17.4. The third kappa shape index (κ3) is 12.3. The lowest BCUT2D eigenvalue weighted by Crippen LogP contribution is -2.54. The molecule has 0 bridgehead atoms. The van der Waals surface area contributed by atoms with E-state index < -0.39 is 64.9 Å². The largest absolute Gasteiger partial charge is 0.479 e. The van der Waals surface area contributed by atoms with Crippen LogP contribution in [-0.2, 0) is 36.7 Å². The Kier molecular flexibility index (Phi) is 16.6. The number of rotatable bonds is 19. The molecule has 0 unspecified atom stereocenters.